The Kier molecular flexibility index (Phi) is 3.28. The smallest absolute Gasteiger partial charge is 0.253 e. The van der Waals surface area contributed by atoms with Gasteiger partial charge in [0.1, 0.15) is 0 Å². The van der Waals surface area contributed by atoms with Crippen molar-refractivity contribution in [2.75, 3.05) is 19.6 Å². The van der Waals surface area contributed by atoms with Gasteiger partial charge in [-0.1, -0.05) is 0 Å². The number of hydrogen-bond acceptors (Lipinski definition) is 3. The fourth-order valence-corrected chi connectivity index (χ4v) is 3.11. The zero-order valence-corrected chi connectivity index (χ0v) is 10.5. The first kappa shape index (κ1) is 11.7. The highest BCUT2D eigenvalue weighted by Gasteiger charge is 2.32. The van der Waals surface area contributed by atoms with Crippen LogP contribution >= 0.6 is 0 Å². The van der Waals surface area contributed by atoms with Gasteiger partial charge in [-0.05, 0) is 43.9 Å². The number of aromatic nitrogens is 1. The Hall–Kier alpha value is -1.42. The molecule has 2 atom stereocenters. The van der Waals surface area contributed by atoms with Crippen LogP contribution in [0.3, 0.4) is 0 Å². The first-order valence-corrected chi connectivity index (χ1v) is 6.77. The topological polar surface area (TPSA) is 45.2 Å². The number of likely N-dealkylation sites (tertiary alicyclic amines) is 1. The van der Waals surface area contributed by atoms with Crippen molar-refractivity contribution in [3.8, 4) is 0 Å². The van der Waals surface area contributed by atoms with E-state index < -0.39 is 0 Å². The molecule has 0 radical (unpaired) electrons. The maximum Gasteiger partial charge on any atom is 0.253 e. The monoisotopic (exact) mass is 245 g/mol. The molecular formula is C14H19N3O. The predicted molar refractivity (Wildman–Crippen MR) is 69.3 cm³/mol. The van der Waals surface area contributed by atoms with Gasteiger partial charge in [0.15, 0.2) is 0 Å². The van der Waals surface area contributed by atoms with E-state index in [1.165, 1.54) is 12.8 Å². The minimum atomic E-state index is 0.154. The molecule has 0 spiro atoms. The summed E-state index contributed by atoms with van der Waals surface area (Å²) in [6, 6.07) is 4.22. The molecule has 4 heteroatoms. The molecule has 2 saturated heterocycles. The minimum Gasteiger partial charge on any atom is -0.338 e. The van der Waals surface area contributed by atoms with Crippen molar-refractivity contribution in [1.29, 1.82) is 0 Å². The highest BCUT2D eigenvalue weighted by molar-refractivity contribution is 5.94. The van der Waals surface area contributed by atoms with Crippen LogP contribution in [0.25, 0.3) is 0 Å². The van der Waals surface area contributed by atoms with Gasteiger partial charge in [0.2, 0.25) is 0 Å². The number of nitrogens with zero attached hydrogens (tertiary/aromatic N) is 2. The summed E-state index contributed by atoms with van der Waals surface area (Å²) in [5.74, 6) is 0.791. The Morgan fingerprint density at radius 3 is 3.00 bits per heavy atom. The summed E-state index contributed by atoms with van der Waals surface area (Å²) in [5, 5.41) is 3.57. The maximum absolute atomic E-state index is 12.4. The van der Waals surface area contributed by atoms with Crippen molar-refractivity contribution in [3.63, 3.8) is 0 Å². The standard InChI is InChI=1S/C14H19N3O/c18-14(11-3-7-15-8-4-11)17-9-5-13-12(10-17)2-1-6-16-13/h3-4,7-8,12-13,16H,1-2,5-6,9-10H2/t12-,13-/m0/s1. The van der Waals surface area contributed by atoms with Crippen LogP contribution in [-0.2, 0) is 0 Å². The van der Waals surface area contributed by atoms with Crippen molar-refractivity contribution in [2.45, 2.75) is 25.3 Å². The molecule has 1 aromatic rings. The third kappa shape index (κ3) is 2.25. The summed E-state index contributed by atoms with van der Waals surface area (Å²) < 4.78 is 0. The quantitative estimate of drug-likeness (QED) is 0.811. The van der Waals surface area contributed by atoms with Crippen LogP contribution in [0.1, 0.15) is 29.6 Å². The summed E-state index contributed by atoms with van der Waals surface area (Å²) in [4.78, 5) is 18.3. The molecule has 1 aromatic heterocycles. The van der Waals surface area contributed by atoms with Gasteiger partial charge in [0.05, 0.1) is 0 Å². The summed E-state index contributed by atoms with van der Waals surface area (Å²) in [5.41, 5.74) is 0.757. The van der Waals surface area contributed by atoms with Crippen molar-refractivity contribution >= 4 is 5.91 Å². The van der Waals surface area contributed by atoms with Crippen molar-refractivity contribution < 1.29 is 4.79 Å². The lowest BCUT2D eigenvalue weighted by Gasteiger charge is -2.41. The van der Waals surface area contributed by atoms with Crippen molar-refractivity contribution in [3.05, 3.63) is 30.1 Å². The normalized spacial score (nSPS) is 27.7. The van der Waals surface area contributed by atoms with Crippen molar-refractivity contribution in [1.82, 2.24) is 15.2 Å². The average Bonchev–Trinajstić information content (AvgIpc) is 2.47. The van der Waals surface area contributed by atoms with E-state index in [0.29, 0.717) is 12.0 Å². The average molecular weight is 245 g/mol. The highest BCUT2D eigenvalue weighted by atomic mass is 16.2. The van der Waals surface area contributed by atoms with Gasteiger partial charge in [-0.2, -0.15) is 0 Å². The second-order valence-corrected chi connectivity index (χ2v) is 5.24. The molecule has 3 rings (SSSR count). The molecule has 0 aliphatic carbocycles. The first-order chi connectivity index (χ1) is 8.84. The van der Waals surface area contributed by atoms with Gasteiger partial charge in [0.25, 0.3) is 5.91 Å². The van der Waals surface area contributed by atoms with Crippen LogP contribution in [-0.4, -0.2) is 41.5 Å². The van der Waals surface area contributed by atoms with Gasteiger partial charge in [-0.15, -0.1) is 0 Å². The van der Waals surface area contributed by atoms with Gasteiger partial charge < -0.3 is 10.2 Å². The molecule has 2 aliphatic heterocycles. The largest absolute Gasteiger partial charge is 0.338 e. The lowest BCUT2D eigenvalue weighted by atomic mass is 9.85. The summed E-state index contributed by atoms with van der Waals surface area (Å²) in [7, 11) is 0. The fourth-order valence-electron chi connectivity index (χ4n) is 3.11. The molecular weight excluding hydrogens is 226 g/mol. The van der Waals surface area contributed by atoms with Crippen molar-refractivity contribution in [2.24, 2.45) is 5.92 Å². The summed E-state index contributed by atoms with van der Waals surface area (Å²) in [6.07, 6.45) is 6.93. The van der Waals surface area contributed by atoms with Crippen LogP contribution < -0.4 is 5.32 Å². The van der Waals surface area contributed by atoms with Gasteiger partial charge in [-0.3, -0.25) is 9.78 Å². The van der Waals surface area contributed by atoms with Gasteiger partial charge >= 0.3 is 0 Å². The molecule has 3 heterocycles. The summed E-state index contributed by atoms with van der Waals surface area (Å²) >= 11 is 0. The van der Waals surface area contributed by atoms with E-state index in [-0.39, 0.29) is 5.91 Å². The Balaban J connectivity index is 1.69. The molecule has 0 aromatic carbocycles. The third-order valence-corrected chi connectivity index (χ3v) is 4.11. The van der Waals surface area contributed by atoms with Crippen LogP contribution in [0.2, 0.25) is 0 Å². The molecule has 4 nitrogen and oxygen atoms in total. The molecule has 1 amide bonds. The minimum absolute atomic E-state index is 0.154. The van der Waals surface area contributed by atoms with E-state index in [9.17, 15) is 4.79 Å². The zero-order valence-electron chi connectivity index (χ0n) is 10.5. The number of amides is 1. The van der Waals surface area contributed by atoms with Gasteiger partial charge in [-0.25, -0.2) is 0 Å². The molecule has 18 heavy (non-hydrogen) atoms. The van der Waals surface area contributed by atoms with E-state index in [4.69, 9.17) is 0 Å². The SMILES string of the molecule is O=C(c1ccncc1)N1CC[C@@H]2NCCC[C@H]2C1. The van der Waals surface area contributed by atoms with E-state index in [2.05, 4.69) is 10.3 Å². The lowest BCUT2D eigenvalue weighted by Crippen LogP contribution is -2.53. The number of rotatable bonds is 1. The molecule has 0 bridgehead atoms. The Morgan fingerprint density at radius 1 is 1.33 bits per heavy atom. The number of fused-ring (bicyclic) bond motifs is 1. The number of piperidine rings is 2. The summed E-state index contributed by atoms with van der Waals surface area (Å²) in [6.45, 7) is 2.91. The van der Waals surface area contributed by atoms with E-state index in [0.717, 1.165) is 31.6 Å². The van der Waals surface area contributed by atoms with Crippen LogP contribution in [0.4, 0.5) is 0 Å². The van der Waals surface area contributed by atoms with E-state index >= 15 is 0 Å². The number of nitrogens with one attached hydrogen (secondary N) is 1. The maximum atomic E-state index is 12.4. The third-order valence-electron chi connectivity index (χ3n) is 4.11. The fraction of sp³-hybridized carbons (Fsp3) is 0.571. The van der Waals surface area contributed by atoms with Crippen LogP contribution in [0.5, 0.6) is 0 Å². The first-order valence-electron chi connectivity index (χ1n) is 6.77. The predicted octanol–water partition coefficient (Wildman–Crippen LogP) is 1.30. The molecule has 1 N–H and O–H groups in total. The molecule has 0 unspecified atom stereocenters. The van der Waals surface area contributed by atoms with Gasteiger partial charge in [0, 0.05) is 37.1 Å². The number of hydrogen-bond donors (Lipinski definition) is 1. The molecule has 2 aliphatic rings. The van der Waals surface area contributed by atoms with Crippen LogP contribution in [0, 0.1) is 5.92 Å². The Labute approximate surface area is 107 Å². The molecule has 96 valence electrons. The number of pyridine rings is 1. The molecule has 2 fully saturated rings. The lowest BCUT2D eigenvalue weighted by molar-refractivity contribution is 0.0592. The Bertz CT molecular complexity index is 420. The van der Waals surface area contributed by atoms with E-state index in [1.807, 2.05) is 4.90 Å². The highest BCUT2D eigenvalue weighted by Crippen LogP contribution is 2.25. The molecule has 0 saturated carbocycles. The van der Waals surface area contributed by atoms with E-state index in [1.54, 1.807) is 24.5 Å². The number of carbonyl (C=O) groups is 1. The second kappa shape index (κ2) is 5.06. The Morgan fingerprint density at radius 2 is 2.17 bits per heavy atom. The number of carbonyl (C=O) groups excluding carboxylic acids is 1. The zero-order chi connectivity index (χ0) is 12.4. The second-order valence-electron chi connectivity index (χ2n) is 5.24. The van der Waals surface area contributed by atoms with Crippen LogP contribution in [0.15, 0.2) is 24.5 Å².